The molecule has 0 unspecified atom stereocenters. The molecule has 7 nitrogen and oxygen atoms in total. The Labute approximate surface area is 109 Å². The fraction of sp³-hybridized carbons (Fsp3) is 0.167. The molecule has 0 aliphatic heterocycles. The molecule has 1 aromatic carbocycles. The average Bonchev–Trinajstić information content (AvgIpc) is 2.86. The molecule has 0 fully saturated rings. The second kappa shape index (κ2) is 5.76. The SMILES string of the molecule is O=C(CCn1ccc([N+](=O)[O-])n1)Nc1ccccc1. The van der Waals surface area contributed by atoms with Gasteiger partial charge in [0.25, 0.3) is 0 Å². The summed E-state index contributed by atoms with van der Waals surface area (Å²) >= 11 is 0. The van der Waals surface area contributed by atoms with E-state index in [0.29, 0.717) is 6.54 Å². The summed E-state index contributed by atoms with van der Waals surface area (Å²) in [6, 6.07) is 10.4. The molecule has 1 heterocycles. The lowest BCUT2D eigenvalue weighted by Crippen LogP contribution is -2.14. The molecule has 0 bridgehead atoms. The summed E-state index contributed by atoms with van der Waals surface area (Å²) in [4.78, 5) is 21.5. The number of para-hydroxylation sites is 1. The van der Waals surface area contributed by atoms with Crippen molar-refractivity contribution in [3.63, 3.8) is 0 Å². The number of carbonyl (C=O) groups excluding carboxylic acids is 1. The monoisotopic (exact) mass is 260 g/mol. The number of carbonyl (C=O) groups is 1. The second-order valence-corrected chi connectivity index (χ2v) is 3.86. The van der Waals surface area contributed by atoms with E-state index in [4.69, 9.17) is 0 Å². The van der Waals surface area contributed by atoms with Gasteiger partial charge in [0, 0.05) is 12.1 Å². The van der Waals surface area contributed by atoms with Crippen molar-refractivity contribution in [3.05, 3.63) is 52.7 Å². The normalized spacial score (nSPS) is 10.1. The molecule has 1 N–H and O–H groups in total. The molecule has 2 rings (SSSR count). The van der Waals surface area contributed by atoms with Crippen LogP contribution in [0.25, 0.3) is 0 Å². The molecule has 0 atom stereocenters. The molecule has 2 aromatic rings. The Kier molecular flexibility index (Phi) is 3.87. The first-order chi connectivity index (χ1) is 9.15. The summed E-state index contributed by atoms with van der Waals surface area (Å²) in [6.45, 7) is 0.298. The first-order valence-electron chi connectivity index (χ1n) is 5.68. The lowest BCUT2D eigenvalue weighted by Gasteiger charge is -2.03. The molecule has 0 aliphatic rings. The Morgan fingerprint density at radius 3 is 2.68 bits per heavy atom. The second-order valence-electron chi connectivity index (χ2n) is 3.86. The minimum absolute atomic E-state index is 0.163. The molecule has 1 aromatic heterocycles. The molecule has 0 spiro atoms. The highest BCUT2D eigenvalue weighted by molar-refractivity contribution is 5.90. The van der Waals surface area contributed by atoms with Crippen molar-refractivity contribution in [2.24, 2.45) is 0 Å². The Morgan fingerprint density at radius 2 is 2.05 bits per heavy atom. The van der Waals surface area contributed by atoms with Crippen molar-refractivity contribution >= 4 is 17.4 Å². The van der Waals surface area contributed by atoms with Crippen molar-refractivity contribution in [1.82, 2.24) is 9.78 Å². The highest BCUT2D eigenvalue weighted by Gasteiger charge is 2.11. The van der Waals surface area contributed by atoms with Crippen LogP contribution in [0.2, 0.25) is 0 Å². The largest absolute Gasteiger partial charge is 0.389 e. The predicted molar refractivity (Wildman–Crippen MR) is 68.6 cm³/mol. The van der Waals surface area contributed by atoms with Crippen LogP contribution in [0.3, 0.4) is 0 Å². The van der Waals surface area contributed by atoms with Gasteiger partial charge in [-0.3, -0.25) is 4.79 Å². The van der Waals surface area contributed by atoms with Gasteiger partial charge < -0.3 is 15.4 Å². The summed E-state index contributed by atoms with van der Waals surface area (Å²) in [7, 11) is 0. The fourth-order valence-electron chi connectivity index (χ4n) is 1.53. The topological polar surface area (TPSA) is 90.1 Å². The maximum absolute atomic E-state index is 11.6. The van der Waals surface area contributed by atoms with E-state index in [-0.39, 0.29) is 18.1 Å². The van der Waals surface area contributed by atoms with Crippen LogP contribution in [0.5, 0.6) is 0 Å². The van der Waals surface area contributed by atoms with Gasteiger partial charge in [-0.1, -0.05) is 18.2 Å². The van der Waals surface area contributed by atoms with Gasteiger partial charge in [0.1, 0.15) is 0 Å². The van der Waals surface area contributed by atoms with Gasteiger partial charge in [0.15, 0.2) is 0 Å². The standard InChI is InChI=1S/C12H12N4O3/c17-12(13-10-4-2-1-3-5-10)7-9-15-8-6-11(14-15)16(18)19/h1-6,8H,7,9H2,(H,13,17). The third-order valence-electron chi connectivity index (χ3n) is 2.44. The molecule has 1 amide bonds. The summed E-state index contributed by atoms with van der Waals surface area (Å²) in [6.07, 6.45) is 1.68. The zero-order valence-electron chi connectivity index (χ0n) is 10.0. The number of nitrogens with zero attached hydrogens (tertiary/aromatic N) is 3. The molecular weight excluding hydrogens is 248 g/mol. The van der Waals surface area contributed by atoms with Gasteiger partial charge in [0.2, 0.25) is 5.91 Å². The Hall–Kier alpha value is -2.70. The number of aromatic nitrogens is 2. The van der Waals surface area contributed by atoms with Crippen LogP contribution in [0.15, 0.2) is 42.6 Å². The van der Waals surface area contributed by atoms with Crippen LogP contribution in [0.1, 0.15) is 6.42 Å². The first-order valence-corrected chi connectivity index (χ1v) is 5.68. The van der Waals surface area contributed by atoms with Crippen molar-refractivity contribution < 1.29 is 9.72 Å². The average molecular weight is 260 g/mol. The van der Waals surface area contributed by atoms with E-state index in [1.165, 1.54) is 16.9 Å². The number of anilines is 1. The Bertz CT molecular complexity index is 580. The van der Waals surface area contributed by atoms with E-state index in [2.05, 4.69) is 10.4 Å². The van der Waals surface area contributed by atoms with E-state index in [1.807, 2.05) is 18.2 Å². The molecule has 98 valence electrons. The van der Waals surface area contributed by atoms with E-state index < -0.39 is 4.92 Å². The van der Waals surface area contributed by atoms with Gasteiger partial charge >= 0.3 is 5.82 Å². The summed E-state index contributed by atoms with van der Waals surface area (Å²) in [5.41, 5.74) is 0.721. The molecule has 0 saturated carbocycles. The van der Waals surface area contributed by atoms with E-state index in [0.717, 1.165) is 5.69 Å². The van der Waals surface area contributed by atoms with Crippen LogP contribution < -0.4 is 5.32 Å². The summed E-state index contributed by atoms with van der Waals surface area (Å²) < 4.78 is 1.38. The van der Waals surface area contributed by atoms with E-state index in [9.17, 15) is 14.9 Å². The molecule has 7 heteroatoms. The summed E-state index contributed by atoms with van der Waals surface area (Å²) in [5, 5.41) is 16.9. The van der Waals surface area contributed by atoms with E-state index >= 15 is 0 Å². The maximum Gasteiger partial charge on any atom is 0.389 e. The number of aryl methyl sites for hydroxylation is 1. The predicted octanol–water partition coefficient (Wildman–Crippen LogP) is 1.82. The lowest BCUT2D eigenvalue weighted by molar-refractivity contribution is -0.389. The number of rotatable bonds is 5. The molecule has 0 radical (unpaired) electrons. The van der Waals surface area contributed by atoms with E-state index in [1.54, 1.807) is 12.1 Å². The Balaban J connectivity index is 1.84. The quantitative estimate of drug-likeness (QED) is 0.655. The van der Waals surface area contributed by atoms with Crippen LogP contribution >= 0.6 is 0 Å². The zero-order chi connectivity index (χ0) is 13.7. The van der Waals surface area contributed by atoms with Crippen LogP contribution in [-0.4, -0.2) is 20.6 Å². The minimum atomic E-state index is -0.569. The van der Waals surface area contributed by atoms with Crippen molar-refractivity contribution in [2.75, 3.05) is 5.32 Å². The number of nitrogens with one attached hydrogen (secondary N) is 1. The number of nitro groups is 1. The van der Waals surface area contributed by atoms with Gasteiger partial charge in [-0.2, -0.15) is 4.68 Å². The third kappa shape index (κ3) is 3.63. The first kappa shape index (κ1) is 12.7. The molecular formula is C12H12N4O3. The maximum atomic E-state index is 11.6. The Morgan fingerprint density at radius 1 is 1.32 bits per heavy atom. The molecule has 19 heavy (non-hydrogen) atoms. The van der Waals surface area contributed by atoms with Crippen LogP contribution in [0.4, 0.5) is 11.5 Å². The van der Waals surface area contributed by atoms with Gasteiger partial charge in [-0.05, 0) is 17.1 Å². The van der Waals surface area contributed by atoms with Crippen LogP contribution in [-0.2, 0) is 11.3 Å². The van der Waals surface area contributed by atoms with Gasteiger partial charge in [-0.15, -0.1) is 0 Å². The highest BCUT2D eigenvalue weighted by Crippen LogP contribution is 2.07. The number of amides is 1. The highest BCUT2D eigenvalue weighted by atomic mass is 16.6. The van der Waals surface area contributed by atoms with Gasteiger partial charge in [0.05, 0.1) is 23.9 Å². The smallest absolute Gasteiger partial charge is 0.358 e. The number of hydrogen-bond donors (Lipinski definition) is 1. The minimum Gasteiger partial charge on any atom is -0.358 e. The van der Waals surface area contributed by atoms with Crippen molar-refractivity contribution in [3.8, 4) is 0 Å². The molecule has 0 saturated heterocycles. The van der Waals surface area contributed by atoms with Crippen LogP contribution in [0, 0.1) is 10.1 Å². The number of benzene rings is 1. The van der Waals surface area contributed by atoms with Crippen molar-refractivity contribution in [1.29, 1.82) is 0 Å². The zero-order valence-corrected chi connectivity index (χ0v) is 10.0. The summed E-state index contributed by atoms with van der Waals surface area (Å²) in [5.74, 6) is -0.382. The van der Waals surface area contributed by atoms with Crippen molar-refractivity contribution in [2.45, 2.75) is 13.0 Å². The number of hydrogen-bond acceptors (Lipinski definition) is 4. The fourth-order valence-corrected chi connectivity index (χ4v) is 1.53. The molecule has 0 aliphatic carbocycles. The third-order valence-corrected chi connectivity index (χ3v) is 2.44. The van der Waals surface area contributed by atoms with Gasteiger partial charge in [-0.25, -0.2) is 0 Å². The lowest BCUT2D eigenvalue weighted by atomic mass is 10.3.